The Morgan fingerprint density at radius 3 is 2.65 bits per heavy atom. The van der Waals surface area contributed by atoms with Gasteiger partial charge in [-0.25, -0.2) is 13.1 Å². The second-order valence-corrected chi connectivity index (χ2v) is 7.96. The summed E-state index contributed by atoms with van der Waals surface area (Å²) in [5.74, 6) is 0.283. The molecule has 7 heteroatoms. The van der Waals surface area contributed by atoms with Gasteiger partial charge < -0.3 is 4.74 Å². The van der Waals surface area contributed by atoms with E-state index in [4.69, 9.17) is 16.3 Å². The zero-order valence-electron chi connectivity index (χ0n) is 12.7. The summed E-state index contributed by atoms with van der Waals surface area (Å²) >= 11 is 9.33. The average molecular weight is 419 g/mol. The summed E-state index contributed by atoms with van der Waals surface area (Å²) in [5.41, 5.74) is 0.850. The topological polar surface area (TPSA) is 55.4 Å². The number of halogens is 2. The van der Waals surface area contributed by atoms with Crippen LogP contribution in [-0.4, -0.2) is 15.0 Å². The second-order valence-electron chi connectivity index (χ2n) is 4.92. The number of rotatable bonds is 6. The highest BCUT2D eigenvalue weighted by Gasteiger charge is 2.23. The van der Waals surface area contributed by atoms with Crippen LogP contribution in [0.1, 0.15) is 25.5 Å². The van der Waals surface area contributed by atoms with E-state index in [1.165, 1.54) is 6.07 Å². The highest BCUT2D eigenvalue weighted by atomic mass is 79.9. The molecular formula is C16H17BrClNO3S. The second kappa shape index (κ2) is 7.66. The van der Waals surface area contributed by atoms with Crippen molar-refractivity contribution < 1.29 is 13.2 Å². The first-order valence-corrected chi connectivity index (χ1v) is 9.69. The van der Waals surface area contributed by atoms with Crippen molar-refractivity contribution in [2.75, 3.05) is 6.61 Å². The normalized spacial score (nSPS) is 12.9. The Labute approximate surface area is 150 Å². The molecule has 4 nitrogen and oxygen atoms in total. The van der Waals surface area contributed by atoms with Crippen LogP contribution in [0.15, 0.2) is 51.8 Å². The number of hydrogen-bond acceptors (Lipinski definition) is 3. The lowest BCUT2D eigenvalue weighted by molar-refractivity contribution is 0.331. The summed E-state index contributed by atoms with van der Waals surface area (Å²) in [6.45, 7) is 3.94. The maximum Gasteiger partial charge on any atom is 0.244 e. The van der Waals surface area contributed by atoms with Gasteiger partial charge in [0.1, 0.15) is 10.6 Å². The third-order valence-corrected chi connectivity index (χ3v) is 5.47. The Morgan fingerprint density at radius 1 is 1.26 bits per heavy atom. The van der Waals surface area contributed by atoms with Gasteiger partial charge in [0.05, 0.1) is 6.61 Å². The average Bonchev–Trinajstić information content (AvgIpc) is 2.49. The molecule has 2 aromatic carbocycles. The molecule has 0 saturated heterocycles. The largest absolute Gasteiger partial charge is 0.492 e. The van der Waals surface area contributed by atoms with Crippen LogP contribution in [-0.2, 0) is 10.0 Å². The van der Waals surface area contributed by atoms with Crippen LogP contribution in [0.5, 0.6) is 5.75 Å². The lowest BCUT2D eigenvalue weighted by Gasteiger charge is -2.17. The lowest BCUT2D eigenvalue weighted by atomic mass is 10.1. The van der Waals surface area contributed by atoms with Crippen LogP contribution in [0.3, 0.4) is 0 Å². The SMILES string of the molecule is CCOc1ccc(Cl)cc1S(=O)(=O)N[C@@H](C)c1cccc(Br)c1. The molecule has 0 spiro atoms. The van der Waals surface area contributed by atoms with E-state index in [2.05, 4.69) is 20.7 Å². The van der Waals surface area contributed by atoms with Crippen molar-refractivity contribution in [1.82, 2.24) is 4.72 Å². The first-order valence-electron chi connectivity index (χ1n) is 7.03. The molecule has 1 atom stereocenters. The predicted molar refractivity (Wildman–Crippen MR) is 95.5 cm³/mol. The van der Waals surface area contributed by atoms with E-state index in [1.54, 1.807) is 26.0 Å². The molecule has 0 amide bonds. The van der Waals surface area contributed by atoms with E-state index in [1.807, 2.05) is 24.3 Å². The van der Waals surface area contributed by atoms with Gasteiger partial charge in [-0.2, -0.15) is 0 Å². The summed E-state index contributed by atoms with van der Waals surface area (Å²) < 4.78 is 34.3. The molecule has 23 heavy (non-hydrogen) atoms. The van der Waals surface area contributed by atoms with Crippen LogP contribution in [0.25, 0.3) is 0 Å². The first-order chi connectivity index (χ1) is 10.8. The van der Waals surface area contributed by atoms with Gasteiger partial charge in [0.25, 0.3) is 0 Å². The van der Waals surface area contributed by atoms with Crippen LogP contribution in [0, 0.1) is 0 Å². The van der Waals surface area contributed by atoms with E-state index in [9.17, 15) is 8.42 Å². The Bertz CT molecular complexity index is 796. The number of benzene rings is 2. The first kappa shape index (κ1) is 18.3. The standard InChI is InChI=1S/C16H17BrClNO3S/c1-3-22-15-8-7-14(18)10-16(15)23(20,21)19-11(2)12-5-4-6-13(17)9-12/h4-11,19H,3H2,1-2H3/t11-/m0/s1. The molecule has 0 radical (unpaired) electrons. The Balaban J connectivity index is 2.33. The number of nitrogens with one attached hydrogen (secondary N) is 1. The fourth-order valence-corrected chi connectivity index (χ4v) is 4.16. The highest BCUT2D eigenvalue weighted by Crippen LogP contribution is 2.29. The van der Waals surface area contributed by atoms with Crippen LogP contribution in [0.2, 0.25) is 5.02 Å². The maximum absolute atomic E-state index is 12.7. The summed E-state index contributed by atoms with van der Waals surface area (Å²) in [4.78, 5) is 0.0358. The molecule has 0 bridgehead atoms. The minimum absolute atomic E-state index is 0.0358. The van der Waals surface area contributed by atoms with E-state index in [0.717, 1.165) is 10.0 Å². The number of hydrogen-bond donors (Lipinski definition) is 1. The van der Waals surface area contributed by atoms with Gasteiger partial charge in [0, 0.05) is 15.5 Å². The molecular weight excluding hydrogens is 402 g/mol. The molecule has 2 aromatic rings. The van der Waals surface area contributed by atoms with E-state index >= 15 is 0 Å². The van der Waals surface area contributed by atoms with Gasteiger partial charge in [0.2, 0.25) is 10.0 Å². The van der Waals surface area contributed by atoms with Crippen molar-refractivity contribution in [3.05, 3.63) is 57.5 Å². The molecule has 0 aliphatic carbocycles. The zero-order chi connectivity index (χ0) is 17.0. The minimum atomic E-state index is -3.77. The van der Waals surface area contributed by atoms with E-state index in [-0.39, 0.29) is 10.6 Å². The smallest absolute Gasteiger partial charge is 0.244 e. The Morgan fingerprint density at radius 2 is 2.00 bits per heavy atom. The van der Waals surface area contributed by atoms with Crippen molar-refractivity contribution in [2.24, 2.45) is 0 Å². The minimum Gasteiger partial charge on any atom is -0.492 e. The Hall–Kier alpha value is -1.08. The molecule has 0 fully saturated rings. The summed E-state index contributed by atoms with van der Waals surface area (Å²) in [6.07, 6.45) is 0. The van der Waals surface area contributed by atoms with Gasteiger partial charge in [-0.1, -0.05) is 39.7 Å². The van der Waals surface area contributed by atoms with Gasteiger partial charge in [0.15, 0.2) is 0 Å². The van der Waals surface area contributed by atoms with Gasteiger partial charge in [-0.15, -0.1) is 0 Å². The van der Waals surface area contributed by atoms with Crippen molar-refractivity contribution >= 4 is 37.6 Å². The highest BCUT2D eigenvalue weighted by molar-refractivity contribution is 9.10. The van der Waals surface area contributed by atoms with E-state index < -0.39 is 16.1 Å². The molecule has 0 unspecified atom stereocenters. The third-order valence-electron chi connectivity index (χ3n) is 3.18. The van der Waals surface area contributed by atoms with Crippen molar-refractivity contribution in [1.29, 1.82) is 0 Å². The van der Waals surface area contributed by atoms with Crippen molar-refractivity contribution in [2.45, 2.75) is 24.8 Å². The summed E-state index contributed by atoms with van der Waals surface area (Å²) in [7, 11) is -3.77. The molecule has 0 aliphatic heterocycles. The molecule has 0 aliphatic rings. The van der Waals surface area contributed by atoms with Gasteiger partial charge >= 0.3 is 0 Å². The van der Waals surface area contributed by atoms with Crippen molar-refractivity contribution in [3.8, 4) is 5.75 Å². The molecule has 124 valence electrons. The fraction of sp³-hybridized carbons (Fsp3) is 0.250. The summed E-state index contributed by atoms with van der Waals surface area (Å²) in [5, 5.41) is 0.337. The Kier molecular flexibility index (Phi) is 6.08. The number of ether oxygens (including phenoxy) is 1. The van der Waals surface area contributed by atoms with Gasteiger partial charge in [-0.05, 0) is 49.7 Å². The fourth-order valence-electron chi connectivity index (χ4n) is 2.11. The number of sulfonamides is 1. The zero-order valence-corrected chi connectivity index (χ0v) is 15.9. The molecule has 0 saturated carbocycles. The van der Waals surface area contributed by atoms with Gasteiger partial charge in [-0.3, -0.25) is 0 Å². The van der Waals surface area contributed by atoms with Crippen molar-refractivity contribution in [3.63, 3.8) is 0 Å². The quantitative estimate of drug-likeness (QED) is 0.749. The third kappa shape index (κ3) is 4.70. The monoisotopic (exact) mass is 417 g/mol. The molecule has 0 heterocycles. The summed E-state index contributed by atoms with van der Waals surface area (Å²) in [6, 6.07) is 11.6. The predicted octanol–water partition coefficient (Wildman–Crippen LogP) is 4.54. The van der Waals surface area contributed by atoms with Crippen LogP contribution >= 0.6 is 27.5 Å². The maximum atomic E-state index is 12.7. The van der Waals surface area contributed by atoms with E-state index in [0.29, 0.717) is 11.6 Å². The molecule has 1 N–H and O–H groups in total. The lowest BCUT2D eigenvalue weighted by Crippen LogP contribution is -2.27. The van der Waals surface area contributed by atoms with Crippen LogP contribution < -0.4 is 9.46 Å². The molecule has 0 aromatic heterocycles. The molecule has 2 rings (SSSR count). The van der Waals surface area contributed by atoms with Crippen LogP contribution in [0.4, 0.5) is 0 Å².